The number of hydrogen-bond donors (Lipinski definition) is 3. The van der Waals surface area contributed by atoms with E-state index in [4.69, 9.17) is 5.73 Å². The fourth-order valence-corrected chi connectivity index (χ4v) is 4.43. The number of rotatable bonds is 2. The van der Waals surface area contributed by atoms with Gasteiger partial charge in [0, 0.05) is 31.2 Å². The average Bonchev–Trinajstić information content (AvgIpc) is 3.21. The summed E-state index contributed by atoms with van der Waals surface area (Å²) in [6, 6.07) is 2.88. The predicted molar refractivity (Wildman–Crippen MR) is 87.2 cm³/mol. The Balaban J connectivity index is 1.60. The van der Waals surface area contributed by atoms with Crippen molar-refractivity contribution in [2.24, 2.45) is 16.6 Å². The lowest BCUT2D eigenvalue weighted by atomic mass is 9.95. The highest BCUT2D eigenvalue weighted by atomic mass is 16.3. The molecule has 1 saturated carbocycles. The number of nitrogens with one attached hydrogen (secondary N) is 1. The summed E-state index contributed by atoms with van der Waals surface area (Å²) >= 11 is 0. The number of fused-ring (bicyclic) bond motifs is 1. The summed E-state index contributed by atoms with van der Waals surface area (Å²) in [7, 11) is 2.05. The van der Waals surface area contributed by atoms with Gasteiger partial charge in [0.15, 0.2) is 0 Å². The molecule has 0 unspecified atom stereocenters. The zero-order chi connectivity index (χ0) is 15.3. The molecule has 6 heteroatoms. The number of aromatic nitrogens is 1. The van der Waals surface area contributed by atoms with Crippen LogP contribution in [-0.4, -0.2) is 47.9 Å². The average molecular weight is 303 g/mol. The van der Waals surface area contributed by atoms with Crippen molar-refractivity contribution in [2.75, 3.05) is 25.2 Å². The van der Waals surface area contributed by atoms with Crippen LogP contribution in [0.4, 0.5) is 5.82 Å². The first-order valence-electron chi connectivity index (χ1n) is 8.29. The van der Waals surface area contributed by atoms with Gasteiger partial charge in [-0.15, -0.1) is 0 Å². The summed E-state index contributed by atoms with van der Waals surface area (Å²) in [5.41, 5.74) is 7.04. The standard InChI is InChI=1S/C16H25N5O/c1-20-9-19-15(17)11-4-6-21(16(11)20)10-7-12(14(22)8-10)13-3-2-5-18-13/h4,6,10,12-14,18,22H,2-3,5,7-9H2,1H3,(H2,17,19)/t10-,12-,13+,14+/m1/s1. The van der Waals surface area contributed by atoms with Crippen LogP contribution in [0.5, 0.6) is 0 Å². The first-order valence-corrected chi connectivity index (χ1v) is 8.29. The van der Waals surface area contributed by atoms with Crippen molar-refractivity contribution < 1.29 is 5.11 Å². The van der Waals surface area contributed by atoms with E-state index in [2.05, 4.69) is 32.0 Å². The summed E-state index contributed by atoms with van der Waals surface area (Å²) in [6.45, 7) is 1.69. The molecule has 6 nitrogen and oxygen atoms in total. The van der Waals surface area contributed by atoms with E-state index >= 15 is 0 Å². The van der Waals surface area contributed by atoms with E-state index in [1.807, 2.05) is 7.05 Å². The van der Waals surface area contributed by atoms with Crippen molar-refractivity contribution in [3.8, 4) is 0 Å². The van der Waals surface area contributed by atoms with E-state index in [-0.39, 0.29) is 6.10 Å². The third-order valence-corrected chi connectivity index (χ3v) is 5.54. The molecule has 1 aliphatic carbocycles. The topological polar surface area (TPSA) is 78.8 Å². The van der Waals surface area contributed by atoms with Crippen molar-refractivity contribution in [3.05, 3.63) is 17.8 Å². The van der Waals surface area contributed by atoms with Gasteiger partial charge in [-0.05, 0) is 38.3 Å². The molecule has 3 aliphatic rings. The Kier molecular flexibility index (Phi) is 3.38. The van der Waals surface area contributed by atoms with E-state index in [1.54, 1.807) is 0 Å². The Labute approximate surface area is 131 Å². The van der Waals surface area contributed by atoms with E-state index < -0.39 is 0 Å². The molecule has 3 heterocycles. The number of amidine groups is 1. The Bertz CT molecular complexity index is 589. The number of aliphatic hydroxyl groups is 1. The van der Waals surface area contributed by atoms with Gasteiger partial charge >= 0.3 is 0 Å². The molecule has 0 aromatic carbocycles. The van der Waals surface area contributed by atoms with Crippen molar-refractivity contribution in [1.29, 1.82) is 0 Å². The molecular formula is C16H25N5O. The van der Waals surface area contributed by atoms with Crippen LogP contribution in [0.15, 0.2) is 17.3 Å². The molecule has 1 saturated heterocycles. The van der Waals surface area contributed by atoms with Gasteiger partial charge in [0.25, 0.3) is 0 Å². The van der Waals surface area contributed by atoms with Crippen LogP contribution in [0, 0.1) is 5.92 Å². The smallest absolute Gasteiger partial charge is 0.131 e. The summed E-state index contributed by atoms with van der Waals surface area (Å²) in [5, 5.41) is 14.1. The van der Waals surface area contributed by atoms with Crippen molar-refractivity contribution in [3.63, 3.8) is 0 Å². The van der Waals surface area contributed by atoms with Crippen molar-refractivity contribution in [2.45, 2.75) is 43.9 Å². The monoisotopic (exact) mass is 303 g/mol. The summed E-state index contributed by atoms with van der Waals surface area (Å²) in [6.07, 6.45) is 6.18. The highest BCUT2D eigenvalue weighted by Crippen LogP contribution is 2.41. The second-order valence-electron chi connectivity index (χ2n) is 6.90. The highest BCUT2D eigenvalue weighted by Gasteiger charge is 2.40. The van der Waals surface area contributed by atoms with Gasteiger partial charge < -0.3 is 25.6 Å². The predicted octanol–water partition coefficient (Wildman–Crippen LogP) is 0.665. The second kappa shape index (κ2) is 5.28. The second-order valence-corrected chi connectivity index (χ2v) is 6.90. The third-order valence-electron chi connectivity index (χ3n) is 5.54. The lowest BCUT2D eigenvalue weighted by Crippen LogP contribution is -2.34. The van der Waals surface area contributed by atoms with Crippen LogP contribution in [0.3, 0.4) is 0 Å². The minimum absolute atomic E-state index is 0.210. The van der Waals surface area contributed by atoms with Gasteiger partial charge in [-0.2, -0.15) is 0 Å². The Morgan fingerprint density at radius 2 is 2.27 bits per heavy atom. The molecule has 0 spiro atoms. The number of hydrogen-bond acceptors (Lipinski definition) is 5. The Morgan fingerprint density at radius 1 is 1.41 bits per heavy atom. The Hall–Kier alpha value is -1.53. The van der Waals surface area contributed by atoms with Crippen LogP contribution in [-0.2, 0) is 0 Å². The normalized spacial score (nSPS) is 34.8. The molecule has 0 bridgehead atoms. The maximum atomic E-state index is 10.5. The summed E-state index contributed by atoms with van der Waals surface area (Å²) in [4.78, 5) is 6.47. The molecule has 0 amide bonds. The van der Waals surface area contributed by atoms with Crippen molar-refractivity contribution >= 4 is 11.7 Å². The molecule has 4 N–H and O–H groups in total. The molecular weight excluding hydrogens is 278 g/mol. The lowest BCUT2D eigenvalue weighted by Gasteiger charge is -2.27. The maximum Gasteiger partial charge on any atom is 0.131 e. The largest absolute Gasteiger partial charge is 0.393 e. The quantitative estimate of drug-likeness (QED) is 0.750. The molecule has 0 radical (unpaired) electrons. The van der Waals surface area contributed by atoms with E-state index in [1.165, 1.54) is 12.8 Å². The Morgan fingerprint density at radius 3 is 3.05 bits per heavy atom. The molecule has 2 fully saturated rings. The van der Waals surface area contributed by atoms with E-state index in [0.717, 1.165) is 30.8 Å². The molecule has 1 aromatic heterocycles. The van der Waals surface area contributed by atoms with Crippen LogP contribution in [0.25, 0.3) is 0 Å². The molecule has 2 aliphatic heterocycles. The zero-order valence-electron chi connectivity index (χ0n) is 13.1. The number of aliphatic imine (C=N–C) groups is 1. The summed E-state index contributed by atoms with van der Waals surface area (Å²) < 4.78 is 2.30. The van der Waals surface area contributed by atoms with Gasteiger partial charge in [-0.1, -0.05) is 0 Å². The minimum Gasteiger partial charge on any atom is -0.393 e. The molecule has 1 aromatic rings. The van der Waals surface area contributed by atoms with Gasteiger partial charge in [-0.25, -0.2) is 4.99 Å². The van der Waals surface area contributed by atoms with Gasteiger partial charge in [-0.3, -0.25) is 0 Å². The minimum atomic E-state index is -0.210. The van der Waals surface area contributed by atoms with Crippen LogP contribution in [0.1, 0.15) is 37.3 Å². The van der Waals surface area contributed by atoms with Crippen molar-refractivity contribution in [1.82, 2.24) is 9.88 Å². The first kappa shape index (κ1) is 14.1. The zero-order valence-corrected chi connectivity index (χ0v) is 13.1. The van der Waals surface area contributed by atoms with E-state index in [0.29, 0.717) is 30.5 Å². The first-order chi connectivity index (χ1) is 10.6. The number of anilines is 1. The fourth-order valence-electron chi connectivity index (χ4n) is 4.43. The van der Waals surface area contributed by atoms with Crippen LogP contribution < -0.4 is 16.0 Å². The van der Waals surface area contributed by atoms with Gasteiger partial charge in [0.05, 0.1) is 11.7 Å². The molecule has 22 heavy (non-hydrogen) atoms. The molecule has 4 rings (SSSR count). The van der Waals surface area contributed by atoms with Crippen LogP contribution >= 0.6 is 0 Å². The fraction of sp³-hybridized carbons (Fsp3) is 0.688. The van der Waals surface area contributed by atoms with Gasteiger partial charge in [0.2, 0.25) is 0 Å². The lowest BCUT2D eigenvalue weighted by molar-refractivity contribution is 0.113. The number of aliphatic hydroxyl groups excluding tert-OH is 1. The van der Waals surface area contributed by atoms with Gasteiger partial charge in [0.1, 0.15) is 18.3 Å². The maximum absolute atomic E-state index is 10.5. The summed E-state index contributed by atoms with van der Waals surface area (Å²) in [5.74, 6) is 2.13. The molecule has 120 valence electrons. The number of nitrogens with zero attached hydrogens (tertiary/aromatic N) is 3. The molecule has 4 atom stereocenters. The number of nitrogens with two attached hydrogens (primary N) is 1. The van der Waals surface area contributed by atoms with E-state index in [9.17, 15) is 5.11 Å². The third kappa shape index (κ3) is 2.13. The highest BCUT2D eigenvalue weighted by molar-refractivity contribution is 6.03. The SMILES string of the molecule is CN1CN=C(N)c2ccn([C@@H]3C[C@H]([C@@H]4CCCN4)[C@@H](O)C3)c21. The van der Waals surface area contributed by atoms with Crippen LogP contribution in [0.2, 0.25) is 0 Å².